The molecule has 2 aromatic carbocycles. The van der Waals surface area contributed by atoms with Gasteiger partial charge >= 0.3 is 17.8 Å². The SMILES string of the molecule is FC(F)(F)[C@@]1(c2ccccc2)NC(Nc2ccccc2)=[NH+][C@@H]2SC3=C(CCCC3)[NH+]21. The Morgan fingerprint density at radius 3 is 2.37 bits per heavy atom. The Labute approximate surface area is 177 Å². The normalized spacial score (nSPS) is 28.3. The summed E-state index contributed by atoms with van der Waals surface area (Å²) in [6, 6.07) is 17.5. The molecule has 0 radical (unpaired) electrons. The van der Waals surface area contributed by atoms with E-state index >= 15 is 13.2 Å². The van der Waals surface area contributed by atoms with Crippen LogP contribution in [0.4, 0.5) is 18.9 Å². The van der Waals surface area contributed by atoms with E-state index in [1.54, 1.807) is 30.3 Å². The average Bonchev–Trinajstić information content (AvgIpc) is 3.12. The first-order valence-electron chi connectivity index (χ1n) is 10.1. The molecule has 0 amide bonds. The first-order chi connectivity index (χ1) is 14.5. The van der Waals surface area contributed by atoms with E-state index in [0.717, 1.165) is 35.6 Å². The molecular weight excluding hydrogens is 409 g/mol. The highest BCUT2D eigenvalue weighted by molar-refractivity contribution is 8.03. The van der Waals surface area contributed by atoms with Crippen LogP contribution in [0.3, 0.4) is 0 Å². The van der Waals surface area contributed by atoms with Crippen LogP contribution in [-0.4, -0.2) is 17.6 Å². The summed E-state index contributed by atoms with van der Waals surface area (Å²) in [6.07, 6.45) is -1.01. The monoisotopic (exact) mass is 432 g/mol. The minimum atomic E-state index is -4.52. The van der Waals surface area contributed by atoms with Crippen LogP contribution in [0.15, 0.2) is 71.3 Å². The van der Waals surface area contributed by atoms with Crippen molar-refractivity contribution in [3.8, 4) is 0 Å². The standard InChI is InChI=1S/C22H21F3N4S/c23-22(24,25)21(15-9-3-1-4-10-15)28-19(26-16-11-5-2-6-12-16)27-20-29(21)17-13-7-8-14-18(17)30-20/h1-6,9-12,20H,7-8,13-14H2,(H2,26,27,28)/p+2/t20-,21-/m0/s1. The summed E-state index contributed by atoms with van der Waals surface area (Å²) in [5, 5.41) is 5.98. The van der Waals surface area contributed by atoms with Gasteiger partial charge in [-0.25, -0.2) is 20.5 Å². The van der Waals surface area contributed by atoms with E-state index in [2.05, 4.69) is 15.6 Å². The van der Waals surface area contributed by atoms with Crippen molar-refractivity contribution in [2.75, 3.05) is 5.32 Å². The van der Waals surface area contributed by atoms with E-state index in [9.17, 15) is 0 Å². The van der Waals surface area contributed by atoms with Crippen LogP contribution in [0.25, 0.3) is 0 Å². The summed E-state index contributed by atoms with van der Waals surface area (Å²) in [4.78, 5) is 4.81. The molecule has 3 aliphatic rings. The molecule has 8 heteroatoms. The Morgan fingerprint density at radius 2 is 1.67 bits per heavy atom. The van der Waals surface area contributed by atoms with Gasteiger partial charge in [-0.2, -0.15) is 13.2 Å². The van der Waals surface area contributed by atoms with Crippen molar-refractivity contribution in [2.45, 2.75) is 43.0 Å². The zero-order valence-electron chi connectivity index (χ0n) is 16.2. The van der Waals surface area contributed by atoms with Crippen LogP contribution in [0.2, 0.25) is 0 Å². The Bertz CT molecular complexity index is 990. The van der Waals surface area contributed by atoms with E-state index in [4.69, 9.17) is 0 Å². The smallest absolute Gasteiger partial charge is 0.245 e. The molecule has 0 aromatic heterocycles. The number of anilines is 1. The van der Waals surface area contributed by atoms with Crippen molar-refractivity contribution in [3.63, 3.8) is 0 Å². The number of hydrogen-bond donors (Lipinski definition) is 4. The lowest BCUT2D eigenvalue weighted by Gasteiger charge is -2.42. The zero-order chi connectivity index (χ0) is 20.8. The topological polar surface area (TPSA) is 42.5 Å². The Kier molecular flexibility index (Phi) is 4.78. The molecule has 2 aromatic rings. The minimum absolute atomic E-state index is 0.214. The van der Waals surface area contributed by atoms with Crippen molar-refractivity contribution in [3.05, 3.63) is 76.8 Å². The number of quaternary nitrogens is 1. The van der Waals surface area contributed by atoms with E-state index in [1.165, 1.54) is 11.8 Å². The zero-order valence-corrected chi connectivity index (χ0v) is 17.0. The van der Waals surface area contributed by atoms with Gasteiger partial charge in [0.15, 0.2) is 0 Å². The van der Waals surface area contributed by atoms with Gasteiger partial charge in [-0.15, -0.1) is 0 Å². The predicted molar refractivity (Wildman–Crippen MR) is 111 cm³/mol. The molecule has 0 saturated heterocycles. The van der Waals surface area contributed by atoms with Gasteiger partial charge < -0.3 is 0 Å². The lowest BCUT2D eigenvalue weighted by Crippen LogP contribution is -3.32. The van der Waals surface area contributed by atoms with Crippen LogP contribution in [0.1, 0.15) is 31.2 Å². The summed E-state index contributed by atoms with van der Waals surface area (Å²) in [6.45, 7) is 0. The van der Waals surface area contributed by atoms with Crippen LogP contribution in [0.5, 0.6) is 0 Å². The quantitative estimate of drug-likeness (QED) is 0.589. The maximum Gasteiger partial charge on any atom is 0.487 e. The molecule has 5 rings (SSSR count). The number of nitrogens with one attached hydrogen (secondary N) is 4. The maximum absolute atomic E-state index is 15.0. The fraction of sp³-hybridized carbons (Fsp3) is 0.318. The van der Waals surface area contributed by atoms with Gasteiger partial charge in [0.25, 0.3) is 5.50 Å². The molecule has 0 fully saturated rings. The third-order valence-electron chi connectivity index (χ3n) is 5.93. The van der Waals surface area contributed by atoms with E-state index in [0.29, 0.717) is 11.3 Å². The number of alkyl halides is 3. The lowest BCUT2D eigenvalue weighted by molar-refractivity contribution is -1.02. The summed E-state index contributed by atoms with van der Waals surface area (Å²) < 4.78 is 45.0. The molecule has 156 valence electrons. The van der Waals surface area contributed by atoms with Crippen LogP contribution >= 0.6 is 11.8 Å². The van der Waals surface area contributed by atoms with E-state index < -0.39 is 17.3 Å². The van der Waals surface area contributed by atoms with Crippen LogP contribution in [-0.2, 0) is 5.66 Å². The second kappa shape index (κ2) is 7.35. The highest BCUT2D eigenvalue weighted by atomic mass is 32.2. The number of halogens is 3. The number of allylic oxidation sites excluding steroid dienone is 2. The van der Waals surface area contributed by atoms with E-state index in [1.807, 2.05) is 30.3 Å². The molecule has 0 spiro atoms. The van der Waals surface area contributed by atoms with Gasteiger partial charge in [-0.1, -0.05) is 36.4 Å². The summed E-state index contributed by atoms with van der Waals surface area (Å²) in [5.74, 6) is 0.267. The Hall–Kier alpha value is -2.45. The third-order valence-corrected chi connectivity index (χ3v) is 7.26. The van der Waals surface area contributed by atoms with Gasteiger partial charge in [0.2, 0.25) is 0 Å². The summed E-state index contributed by atoms with van der Waals surface area (Å²) in [7, 11) is 0. The second-order valence-corrected chi connectivity index (χ2v) is 8.97. The molecule has 1 aliphatic carbocycles. The van der Waals surface area contributed by atoms with Gasteiger partial charge in [0, 0.05) is 6.42 Å². The molecule has 0 bridgehead atoms. The number of para-hydroxylation sites is 1. The Morgan fingerprint density at radius 1 is 1.00 bits per heavy atom. The fourth-order valence-electron chi connectivity index (χ4n) is 4.63. The fourth-order valence-corrected chi connectivity index (χ4v) is 6.15. The molecule has 4 N–H and O–H groups in total. The summed E-state index contributed by atoms with van der Waals surface area (Å²) >= 11 is 1.54. The van der Waals surface area contributed by atoms with Gasteiger partial charge in [0.05, 0.1) is 16.2 Å². The molecule has 1 unspecified atom stereocenters. The first kappa shape index (κ1) is 19.5. The van der Waals surface area contributed by atoms with Gasteiger partial charge in [-0.3, -0.25) is 0 Å². The number of benzene rings is 2. The molecule has 0 saturated carbocycles. The van der Waals surface area contributed by atoms with Crippen molar-refractivity contribution in [1.29, 1.82) is 0 Å². The number of hydrogen-bond acceptors (Lipinski definition) is 3. The number of rotatable bonds is 2. The first-order valence-corrected chi connectivity index (χ1v) is 11.0. The molecule has 2 aliphatic heterocycles. The third kappa shape index (κ3) is 3.09. The molecular formula is C22H23F3N4S+2. The van der Waals surface area contributed by atoms with Crippen molar-refractivity contribution in [1.82, 2.24) is 5.32 Å². The van der Waals surface area contributed by atoms with Gasteiger partial charge in [-0.05, 0) is 55.3 Å². The molecule has 30 heavy (non-hydrogen) atoms. The average molecular weight is 433 g/mol. The Balaban J connectivity index is 1.66. The molecule has 4 nitrogen and oxygen atoms in total. The second-order valence-electron chi connectivity index (χ2n) is 7.77. The van der Waals surface area contributed by atoms with Crippen molar-refractivity contribution in [2.24, 2.45) is 0 Å². The number of thioether (sulfide) groups is 1. The summed E-state index contributed by atoms with van der Waals surface area (Å²) in [5.41, 5.74) is -0.909. The van der Waals surface area contributed by atoms with Gasteiger partial charge in [0.1, 0.15) is 5.70 Å². The predicted octanol–water partition coefficient (Wildman–Crippen LogP) is 2.25. The number of fused-ring (bicyclic) bond motifs is 2. The van der Waals surface area contributed by atoms with Crippen LogP contribution in [0, 0.1) is 0 Å². The maximum atomic E-state index is 15.0. The number of guanidine groups is 1. The van der Waals surface area contributed by atoms with Crippen LogP contribution < -0.4 is 20.5 Å². The molecule has 3 atom stereocenters. The highest BCUT2D eigenvalue weighted by Gasteiger charge is 2.73. The van der Waals surface area contributed by atoms with Crippen molar-refractivity contribution < 1.29 is 23.1 Å². The molecule has 2 heterocycles. The minimum Gasteiger partial charge on any atom is -0.245 e. The van der Waals surface area contributed by atoms with Crippen molar-refractivity contribution >= 4 is 23.4 Å². The van der Waals surface area contributed by atoms with E-state index in [-0.39, 0.29) is 11.5 Å². The highest BCUT2D eigenvalue weighted by Crippen LogP contribution is 2.42. The largest absolute Gasteiger partial charge is 0.487 e. The lowest BCUT2D eigenvalue weighted by atomic mass is 9.93.